The number of ether oxygens (including phenoxy) is 1. The summed E-state index contributed by atoms with van der Waals surface area (Å²) in [5.41, 5.74) is 2.08. The Morgan fingerprint density at radius 1 is 0.971 bits per heavy atom. The predicted molar refractivity (Wildman–Crippen MR) is 128 cm³/mol. The molecule has 4 nitrogen and oxygen atoms in total. The molecule has 0 aliphatic carbocycles. The largest absolute Gasteiger partial charge is 0.490 e. The SMILES string of the molecule is CC(C)N1CCC(Oc2ccc3c(c2)cc2n3CCN(Cc3ccccc3C(F)(F)F)C2)CC1. The van der Waals surface area contributed by atoms with E-state index < -0.39 is 11.7 Å². The van der Waals surface area contributed by atoms with Gasteiger partial charge in [0, 0.05) is 61.9 Å². The number of aromatic nitrogens is 1. The summed E-state index contributed by atoms with van der Waals surface area (Å²) in [5.74, 6) is 0.898. The zero-order chi connectivity index (χ0) is 23.9. The van der Waals surface area contributed by atoms with Crippen molar-refractivity contribution in [3.63, 3.8) is 0 Å². The van der Waals surface area contributed by atoms with Crippen LogP contribution in [0.1, 0.15) is 43.5 Å². The third-order valence-electron chi connectivity index (χ3n) is 7.21. The number of nitrogens with zero attached hydrogens (tertiary/aromatic N) is 3. The van der Waals surface area contributed by atoms with E-state index in [0.29, 0.717) is 24.7 Å². The van der Waals surface area contributed by atoms with E-state index >= 15 is 0 Å². The molecular formula is C27H32F3N3O. The Labute approximate surface area is 198 Å². The lowest BCUT2D eigenvalue weighted by atomic mass is 10.1. The Bertz CT molecular complexity index is 1150. The van der Waals surface area contributed by atoms with E-state index in [2.05, 4.69) is 52.5 Å². The van der Waals surface area contributed by atoms with E-state index in [0.717, 1.165) is 61.4 Å². The number of alkyl halides is 3. The van der Waals surface area contributed by atoms with E-state index in [1.807, 2.05) is 0 Å². The molecule has 2 aliphatic rings. The average Bonchev–Trinajstić information content (AvgIpc) is 3.16. The minimum atomic E-state index is -4.33. The van der Waals surface area contributed by atoms with Crippen molar-refractivity contribution >= 4 is 10.9 Å². The third kappa shape index (κ3) is 4.82. The third-order valence-corrected chi connectivity index (χ3v) is 7.21. The van der Waals surface area contributed by atoms with Crippen LogP contribution in [0.15, 0.2) is 48.5 Å². The molecule has 7 heteroatoms. The van der Waals surface area contributed by atoms with Crippen LogP contribution < -0.4 is 4.74 Å². The Morgan fingerprint density at radius 2 is 1.74 bits per heavy atom. The first kappa shape index (κ1) is 23.2. The van der Waals surface area contributed by atoms with Gasteiger partial charge in [0.1, 0.15) is 11.9 Å². The van der Waals surface area contributed by atoms with Crippen LogP contribution in [-0.4, -0.2) is 46.1 Å². The first-order valence-corrected chi connectivity index (χ1v) is 12.2. The van der Waals surface area contributed by atoms with E-state index in [-0.39, 0.29) is 6.10 Å². The first-order chi connectivity index (χ1) is 16.3. The topological polar surface area (TPSA) is 20.6 Å². The molecule has 0 amide bonds. The molecule has 0 saturated carbocycles. The number of halogens is 3. The summed E-state index contributed by atoms with van der Waals surface area (Å²) < 4.78 is 48.8. The van der Waals surface area contributed by atoms with Gasteiger partial charge < -0.3 is 14.2 Å². The van der Waals surface area contributed by atoms with Crippen LogP contribution in [-0.2, 0) is 25.8 Å². The zero-order valence-electron chi connectivity index (χ0n) is 19.8. The molecule has 2 aromatic carbocycles. The molecule has 1 aromatic heterocycles. The smallest absolute Gasteiger partial charge is 0.416 e. The predicted octanol–water partition coefficient (Wildman–Crippen LogP) is 5.93. The van der Waals surface area contributed by atoms with Crippen LogP contribution in [0, 0.1) is 0 Å². The maximum atomic E-state index is 13.4. The molecular weight excluding hydrogens is 439 g/mol. The van der Waals surface area contributed by atoms with Gasteiger partial charge in [-0.1, -0.05) is 18.2 Å². The Balaban J connectivity index is 1.28. The van der Waals surface area contributed by atoms with Crippen molar-refractivity contribution in [2.24, 2.45) is 0 Å². The highest BCUT2D eigenvalue weighted by Gasteiger charge is 2.33. The van der Waals surface area contributed by atoms with Crippen molar-refractivity contribution in [2.75, 3.05) is 19.6 Å². The standard InChI is InChI=1S/C27H32F3N3O/c1-19(2)32-11-9-23(10-12-32)34-24-7-8-26-21(16-24)15-22-18-31(13-14-33(22)26)17-20-5-3-4-6-25(20)27(28,29)30/h3-8,15-16,19,23H,9-14,17-18H2,1-2H3. The summed E-state index contributed by atoms with van der Waals surface area (Å²) in [7, 11) is 0. The number of benzene rings is 2. The second-order valence-corrected chi connectivity index (χ2v) is 9.82. The summed E-state index contributed by atoms with van der Waals surface area (Å²) in [6.07, 6.45) is -2.01. The molecule has 3 aromatic rings. The van der Waals surface area contributed by atoms with Crippen LogP contribution in [0.25, 0.3) is 10.9 Å². The summed E-state index contributed by atoms with van der Waals surface area (Å²) in [6, 6.07) is 14.9. The number of rotatable bonds is 5. The van der Waals surface area contributed by atoms with Crippen LogP contribution in [0.3, 0.4) is 0 Å². The Morgan fingerprint density at radius 3 is 2.47 bits per heavy atom. The lowest BCUT2D eigenvalue weighted by Gasteiger charge is -2.34. The van der Waals surface area contributed by atoms with Gasteiger partial charge in [0.25, 0.3) is 0 Å². The molecule has 0 N–H and O–H groups in total. The van der Waals surface area contributed by atoms with Gasteiger partial charge in [-0.3, -0.25) is 4.90 Å². The fourth-order valence-corrected chi connectivity index (χ4v) is 5.34. The number of likely N-dealkylation sites (tertiary alicyclic amines) is 1. The van der Waals surface area contributed by atoms with Crippen LogP contribution >= 0.6 is 0 Å². The average molecular weight is 472 g/mol. The van der Waals surface area contributed by atoms with Gasteiger partial charge in [-0.2, -0.15) is 13.2 Å². The number of hydrogen-bond acceptors (Lipinski definition) is 3. The molecule has 0 atom stereocenters. The van der Waals surface area contributed by atoms with Crippen molar-refractivity contribution < 1.29 is 17.9 Å². The second-order valence-electron chi connectivity index (χ2n) is 9.82. The summed E-state index contributed by atoms with van der Waals surface area (Å²) in [4.78, 5) is 4.59. The van der Waals surface area contributed by atoms with Crippen molar-refractivity contribution in [1.82, 2.24) is 14.4 Å². The van der Waals surface area contributed by atoms with Gasteiger partial charge in [0.05, 0.1) is 5.56 Å². The van der Waals surface area contributed by atoms with E-state index in [1.165, 1.54) is 12.1 Å². The highest BCUT2D eigenvalue weighted by Crippen LogP contribution is 2.34. The lowest BCUT2D eigenvalue weighted by molar-refractivity contribution is -0.138. The molecule has 0 unspecified atom stereocenters. The van der Waals surface area contributed by atoms with Crippen LogP contribution in [0.2, 0.25) is 0 Å². The molecule has 1 fully saturated rings. The molecule has 0 spiro atoms. The van der Waals surface area contributed by atoms with E-state index in [1.54, 1.807) is 12.1 Å². The molecule has 5 rings (SSSR count). The van der Waals surface area contributed by atoms with E-state index in [4.69, 9.17) is 4.74 Å². The van der Waals surface area contributed by atoms with Crippen molar-refractivity contribution in [3.05, 3.63) is 65.4 Å². The quantitative estimate of drug-likeness (QED) is 0.460. The molecule has 0 radical (unpaired) electrons. The van der Waals surface area contributed by atoms with Gasteiger partial charge in [0.15, 0.2) is 0 Å². The normalized spacial score (nSPS) is 18.5. The summed E-state index contributed by atoms with van der Waals surface area (Å²) in [5, 5.41) is 1.13. The van der Waals surface area contributed by atoms with Gasteiger partial charge in [-0.05, 0) is 62.6 Å². The Hall–Kier alpha value is -2.51. The lowest BCUT2D eigenvalue weighted by Crippen LogP contribution is -2.41. The van der Waals surface area contributed by atoms with Crippen molar-refractivity contribution in [2.45, 2.75) is 64.6 Å². The van der Waals surface area contributed by atoms with Gasteiger partial charge in [0.2, 0.25) is 0 Å². The summed E-state index contributed by atoms with van der Waals surface area (Å²) >= 11 is 0. The monoisotopic (exact) mass is 471 g/mol. The fourth-order valence-electron chi connectivity index (χ4n) is 5.34. The molecule has 2 aliphatic heterocycles. The molecule has 0 bridgehead atoms. The molecule has 3 heterocycles. The first-order valence-electron chi connectivity index (χ1n) is 12.2. The zero-order valence-corrected chi connectivity index (χ0v) is 19.8. The van der Waals surface area contributed by atoms with Crippen molar-refractivity contribution in [3.8, 4) is 5.75 Å². The highest BCUT2D eigenvalue weighted by atomic mass is 19.4. The van der Waals surface area contributed by atoms with Gasteiger partial charge in [-0.25, -0.2) is 0 Å². The van der Waals surface area contributed by atoms with Crippen LogP contribution in [0.4, 0.5) is 13.2 Å². The fraction of sp³-hybridized carbons (Fsp3) is 0.481. The van der Waals surface area contributed by atoms with Gasteiger partial charge >= 0.3 is 6.18 Å². The highest BCUT2D eigenvalue weighted by molar-refractivity contribution is 5.83. The Kier molecular flexibility index (Phi) is 6.34. The van der Waals surface area contributed by atoms with Crippen molar-refractivity contribution in [1.29, 1.82) is 0 Å². The molecule has 1 saturated heterocycles. The molecule has 34 heavy (non-hydrogen) atoms. The van der Waals surface area contributed by atoms with Gasteiger partial charge in [-0.15, -0.1) is 0 Å². The molecule has 182 valence electrons. The second kappa shape index (κ2) is 9.27. The van der Waals surface area contributed by atoms with E-state index in [9.17, 15) is 13.2 Å². The maximum Gasteiger partial charge on any atom is 0.416 e. The van der Waals surface area contributed by atoms with Crippen LogP contribution in [0.5, 0.6) is 5.75 Å². The number of hydrogen-bond donors (Lipinski definition) is 0. The number of fused-ring (bicyclic) bond motifs is 3. The summed E-state index contributed by atoms with van der Waals surface area (Å²) in [6.45, 7) is 9.01. The minimum Gasteiger partial charge on any atom is -0.490 e. The maximum absolute atomic E-state index is 13.4. The number of piperidine rings is 1. The minimum absolute atomic E-state index is 0.244.